The predicted molar refractivity (Wildman–Crippen MR) is 108 cm³/mol. The van der Waals surface area contributed by atoms with E-state index in [9.17, 15) is 4.79 Å². The van der Waals surface area contributed by atoms with Crippen LogP contribution in [0.25, 0.3) is 11.4 Å². The maximum atomic E-state index is 12.5. The molecule has 1 N–H and O–H groups in total. The molecule has 5 nitrogen and oxygen atoms in total. The van der Waals surface area contributed by atoms with Gasteiger partial charge in [-0.25, -0.2) is 9.97 Å². The van der Waals surface area contributed by atoms with Crippen molar-refractivity contribution < 1.29 is 4.79 Å². The normalized spacial score (nSPS) is 19.2. The van der Waals surface area contributed by atoms with Gasteiger partial charge in [0.15, 0.2) is 5.82 Å². The van der Waals surface area contributed by atoms with Crippen molar-refractivity contribution in [2.24, 2.45) is 5.92 Å². The van der Waals surface area contributed by atoms with E-state index in [4.69, 9.17) is 9.97 Å². The predicted octanol–water partition coefficient (Wildman–Crippen LogP) is 3.37. The Kier molecular flexibility index (Phi) is 5.10. The Bertz CT molecular complexity index is 819. The van der Waals surface area contributed by atoms with Gasteiger partial charge in [-0.15, -0.1) is 0 Å². The van der Waals surface area contributed by atoms with E-state index >= 15 is 0 Å². The maximum absolute atomic E-state index is 12.5. The molecular formula is C22H28N4O. The Morgan fingerprint density at radius 3 is 2.74 bits per heavy atom. The lowest BCUT2D eigenvalue weighted by Gasteiger charge is -2.34. The molecule has 1 atom stereocenters. The van der Waals surface area contributed by atoms with E-state index in [1.165, 1.54) is 11.3 Å². The summed E-state index contributed by atoms with van der Waals surface area (Å²) in [4.78, 5) is 24.7. The van der Waals surface area contributed by atoms with Gasteiger partial charge >= 0.3 is 0 Å². The lowest BCUT2D eigenvalue weighted by atomic mass is 9.96. The zero-order valence-corrected chi connectivity index (χ0v) is 16.2. The number of nitrogens with one attached hydrogen (secondary N) is 1. The highest BCUT2D eigenvalue weighted by atomic mass is 16.2. The molecule has 0 bridgehead atoms. The summed E-state index contributed by atoms with van der Waals surface area (Å²) in [6.45, 7) is 5.74. The minimum absolute atomic E-state index is 0.0355. The van der Waals surface area contributed by atoms with Crippen molar-refractivity contribution in [2.75, 3.05) is 18.0 Å². The van der Waals surface area contributed by atoms with E-state index < -0.39 is 0 Å². The molecule has 0 spiro atoms. The Morgan fingerprint density at radius 1 is 1.15 bits per heavy atom. The SMILES string of the molecule is CC(C)NC(=O)[C@@H]1CCCN(c2nc(-c3ccccc3)nc3c2CCC3)C1. The number of aromatic nitrogens is 2. The number of hydrogen-bond acceptors (Lipinski definition) is 4. The summed E-state index contributed by atoms with van der Waals surface area (Å²) in [5, 5.41) is 3.08. The quantitative estimate of drug-likeness (QED) is 0.904. The molecule has 1 aliphatic heterocycles. The summed E-state index contributed by atoms with van der Waals surface area (Å²) in [6, 6.07) is 10.4. The van der Waals surface area contributed by atoms with E-state index in [1.807, 2.05) is 32.0 Å². The number of rotatable bonds is 4. The molecule has 5 heteroatoms. The van der Waals surface area contributed by atoms with Crippen molar-refractivity contribution in [3.05, 3.63) is 41.6 Å². The third-order valence-electron chi connectivity index (χ3n) is 5.47. The van der Waals surface area contributed by atoms with Gasteiger partial charge in [-0.1, -0.05) is 30.3 Å². The molecule has 0 radical (unpaired) electrons. The number of carbonyl (C=O) groups is 1. The molecule has 1 aliphatic carbocycles. The Labute approximate surface area is 161 Å². The first-order valence-electron chi connectivity index (χ1n) is 10.1. The summed E-state index contributed by atoms with van der Waals surface area (Å²) in [5.74, 6) is 2.07. The van der Waals surface area contributed by atoms with Crippen LogP contribution in [-0.2, 0) is 17.6 Å². The molecule has 142 valence electrons. The van der Waals surface area contributed by atoms with Crippen molar-refractivity contribution in [3.8, 4) is 11.4 Å². The van der Waals surface area contributed by atoms with E-state index in [0.29, 0.717) is 0 Å². The number of nitrogens with zero attached hydrogens (tertiary/aromatic N) is 3. The fraction of sp³-hybridized carbons (Fsp3) is 0.500. The molecular weight excluding hydrogens is 336 g/mol. The molecule has 1 amide bonds. The summed E-state index contributed by atoms with van der Waals surface area (Å²) in [5.41, 5.74) is 3.53. The van der Waals surface area contributed by atoms with Gasteiger partial charge < -0.3 is 10.2 Å². The van der Waals surface area contributed by atoms with Crippen molar-refractivity contribution in [2.45, 2.75) is 52.0 Å². The number of piperidine rings is 1. The minimum Gasteiger partial charge on any atom is -0.355 e. The molecule has 2 heterocycles. The second kappa shape index (κ2) is 7.67. The zero-order valence-electron chi connectivity index (χ0n) is 16.2. The van der Waals surface area contributed by atoms with E-state index in [0.717, 1.165) is 62.4 Å². The molecule has 27 heavy (non-hydrogen) atoms. The average molecular weight is 364 g/mol. The number of fused-ring (bicyclic) bond motifs is 1. The van der Waals surface area contributed by atoms with Crippen LogP contribution in [0.15, 0.2) is 30.3 Å². The van der Waals surface area contributed by atoms with Gasteiger partial charge in [0, 0.05) is 36.0 Å². The van der Waals surface area contributed by atoms with Gasteiger partial charge in [0.25, 0.3) is 0 Å². The van der Waals surface area contributed by atoms with Crippen LogP contribution in [0.3, 0.4) is 0 Å². The summed E-state index contributed by atoms with van der Waals surface area (Å²) in [7, 11) is 0. The van der Waals surface area contributed by atoms with Crippen LogP contribution < -0.4 is 10.2 Å². The van der Waals surface area contributed by atoms with Crippen LogP contribution in [0.1, 0.15) is 44.4 Å². The third kappa shape index (κ3) is 3.82. The van der Waals surface area contributed by atoms with Gasteiger partial charge in [-0.05, 0) is 46.0 Å². The minimum atomic E-state index is 0.0355. The Hall–Kier alpha value is -2.43. The molecule has 1 aromatic carbocycles. The van der Waals surface area contributed by atoms with Crippen LogP contribution in [0.4, 0.5) is 5.82 Å². The van der Waals surface area contributed by atoms with Crippen molar-refractivity contribution in [1.82, 2.24) is 15.3 Å². The van der Waals surface area contributed by atoms with Crippen LogP contribution in [0, 0.1) is 5.92 Å². The van der Waals surface area contributed by atoms with Gasteiger partial charge in [-0.3, -0.25) is 4.79 Å². The number of anilines is 1. The smallest absolute Gasteiger partial charge is 0.225 e. The number of aryl methyl sites for hydroxylation is 1. The third-order valence-corrected chi connectivity index (χ3v) is 5.47. The van der Waals surface area contributed by atoms with Gasteiger partial charge in [0.1, 0.15) is 5.82 Å². The largest absolute Gasteiger partial charge is 0.355 e. The van der Waals surface area contributed by atoms with Gasteiger partial charge in [0.05, 0.1) is 5.92 Å². The average Bonchev–Trinajstić information content (AvgIpc) is 3.16. The number of benzene rings is 1. The highest BCUT2D eigenvalue weighted by Crippen LogP contribution is 2.33. The number of hydrogen-bond donors (Lipinski definition) is 1. The van der Waals surface area contributed by atoms with Gasteiger partial charge in [0.2, 0.25) is 5.91 Å². The summed E-state index contributed by atoms with van der Waals surface area (Å²) >= 11 is 0. The first kappa shape index (κ1) is 18.0. The highest BCUT2D eigenvalue weighted by molar-refractivity contribution is 5.80. The molecule has 4 rings (SSSR count). The lowest BCUT2D eigenvalue weighted by Crippen LogP contribution is -2.45. The van der Waals surface area contributed by atoms with Crippen LogP contribution >= 0.6 is 0 Å². The van der Waals surface area contributed by atoms with Crippen molar-refractivity contribution in [3.63, 3.8) is 0 Å². The topological polar surface area (TPSA) is 58.1 Å². The number of carbonyl (C=O) groups excluding carboxylic acids is 1. The molecule has 1 fully saturated rings. The molecule has 0 unspecified atom stereocenters. The molecule has 0 saturated carbocycles. The maximum Gasteiger partial charge on any atom is 0.225 e. The van der Waals surface area contributed by atoms with Crippen LogP contribution in [0.2, 0.25) is 0 Å². The molecule has 1 aromatic heterocycles. The fourth-order valence-corrected chi connectivity index (χ4v) is 4.18. The van der Waals surface area contributed by atoms with Gasteiger partial charge in [-0.2, -0.15) is 0 Å². The Morgan fingerprint density at radius 2 is 1.96 bits per heavy atom. The standard InChI is InChI=1S/C22H28N4O/c1-15(2)23-22(27)17-10-7-13-26(14-17)21-18-11-6-12-19(18)24-20(25-21)16-8-4-3-5-9-16/h3-5,8-9,15,17H,6-7,10-14H2,1-2H3,(H,23,27)/t17-/m1/s1. The molecule has 2 aromatic rings. The highest BCUT2D eigenvalue weighted by Gasteiger charge is 2.30. The Balaban J connectivity index is 1.64. The van der Waals surface area contributed by atoms with E-state index in [1.54, 1.807) is 0 Å². The van der Waals surface area contributed by atoms with Crippen molar-refractivity contribution in [1.29, 1.82) is 0 Å². The first-order chi connectivity index (χ1) is 13.1. The first-order valence-corrected chi connectivity index (χ1v) is 10.1. The monoisotopic (exact) mass is 364 g/mol. The zero-order chi connectivity index (χ0) is 18.8. The summed E-state index contributed by atoms with van der Waals surface area (Å²) in [6.07, 6.45) is 5.18. The molecule has 1 saturated heterocycles. The number of amides is 1. The second-order valence-corrected chi connectivity index (χ2v) is 7.96. The lowest BCUT2D eigenvalue weighted by molar-refractivity contribution is -0.125. The van der Waals surface area contributed by atoms with E-state index in [-0.39, 0.29) is 17.9 Å². The van der Waals surface area contributed by atoms with Crippen LogP contribution in [-0.4, -0.2) is 35.0 Å². The fourth-order valence-electron chi connectivity index (χ4n) is 4.18. The second-order valence-electron chi connectivity index (χ2n) is 7.96. The van der Waals surface area contributed by atoms with Crippen molar-refractivity contribution >= 4 is 11.7 Å². The molecule has 2 aliphatic rings. The van der Waals surface area contributed by atoms with E-state index in [2.05, 4.69) is 22.3 Å². The van der Waals surface area contributed by atoms with Crippen LogP contribution in [0.5, 0.6) is 0 Å². The summed E-state index contributed by atoms with van der Waals surface area (Å²) < 4.78 is 0.